The van der Waals surface area contributed by atoms with Crippen LogP contribution in [0.1, 0.15) is 31.0 Å². The zero-order valence-corrected chi connectivity index (χ0v) is 18.3. The van der Waals surface area contributed by atoms with E-state index in [2.05, 4.69) is 21.8 Å². The normalized spacial score (nSPS) is 22.8. The summed E-state index contributed by atoms with van der Waals surface area (Å²) in [5.74, 6) is 1.44. The highest BCUT2D eigenvalue weighted by Gasteiger charge is 2.54. The van der Waals surface area contributed by atoms with Gasteiger partial charge in [-0.25, -0.2) is 19.2 Å². The fourth-order valence-corrected chi connectivity index (χ4v) is 5.92. The van der Waals surface area contributed by atoms with E-state index >= 15 is 0 Å². The zero-order valence-electron chi connectivity index (χ0n) is 17.4. The topological polar surface area (TPSA) is 108 Å². The molecule has 0 bridgehead atoms. The molecule has 2 aliphatic rings. The number of H-pyrrole nitrogens is 1. The minimum atomic E-state index is -2.81. The van der Waals surface area contributed by atoms with Crippen LogP contribution in [-0.4, -0.2) is 56.2 Å². The van der Waals surface area contributed by atoms with Gasteiger partial charge in [0.1, 0.15) is 11.5 Å². The molecule has 1 aliphatic heterocycles. The third-order valence-electron chi connectivity index (χ3n) is 6.34. The van der Waals surface area contributed by atoms with E-state index < -0.39 is 14.5 Å². The summed E-state index contributed by atoms with van der Waals surface area (Å²) in [6.45, 7) is 6.14. The van der Waals surface area contributed by atoms with Gasteiger partial charge in [0, 0.05) is 41.7 Å². The van der Waals surface area contributed by atoms with Gasteiger partial charge in [0.05, 0.1) is 39.4 Å². The number of aromatic amines is 1. The lowest BCUT2D eigenvalue weighted by Crippen LogP contribution is -2.45. The molecule has 1 aliphatic carbocycles. The number of hydrogen-bond donors (Lipinski definition) is 2. The lowest BCUT2D eigenvalue weighted by molar-refractivity contribution is 0.0984. The fraction of sp³-hybridized carbons (Fsp3) is 0.476. The zero-order chi connectivity index (χ0) is 21.1. The molecule has 0 radical (unpaired) electrons. The second kappa shape index (κ2) is 6.75. The van der Waals surface area contributed by atoms with Crippen LogP contribution in [0.4, 0.5) is 5.82 Å². The van der Waals surface area contributed by atoms with E-state index in [9.17, 15) is 4.21 Å². The van der Waals surface area contributed by atoms with Crippen molar-refractivity contribution in [1.82, 2.24) is 19.9 Å². The quantitative estimate of drug-likeness (QED) is 0.663. The Balaban J connectivity index is 1.77. The van der Waals surface area contributed by atoms with E-state index in [1.54, 1.807) is 6.20 Å². The molecule has 158 valence electrons. The first-order chi connectivity index (χ1) is 14.3. The molecular formula is C21H26N6O2S. The molecule has 1 saturated carbocycles. The first-order valence-corrected chi connectivity index (χ1v) is 12.2. The van der Waals surface area contributed by atoms with Crippen molar-refractivity contribution in [2.75, 3.05) is 30.9 Å². The molecule has 4 heterocycles. The maximum atomic E-state index is 13.0. The lowest BCUT2D eigenvalue weighted by Gasteiger charge is -2.36. The number of nitrogens with zero attached hydrogens (tertiary/aromatic N) is 4. The summed E-state index contributed by atoms with van der Waals surface area (Å²) in [6.07, 6.45) is 6.57. The van der Waals surface area contributed by atoms with Crippen molar-refractivity contribution in [1.29, 1.82) is 4.78 Å². The van der Waals surface area contributed by atoms with Gasteiger partial charge >= 0.3 is 0 Å². The van der Waals surface area contributed by atoms with Gasteiger partial charge in [0.2, 0.25) is 0 Å². The van der Waals surface area contributed by atoms with E-state index in [1.807, 2.05) is 25.3 Å². The molecule has 3 aromatic rings. The number of hydrogen-bond acceptors (Lipinski definition) is 7. The maximum absolute atomic E-state index is 13.0. The van der Waals surface area contributed by atoms with Crippen molar-refractivity contribution in [2.24, 2.45) is 0 Å². The van der Waals surface area contributed by atoms with Crippen LogP contribution in [0, 0.1) is 11.7 Å². The third-order valence-corrected chi connectivity index (χ3v) is 8.44. The minimum absolute atomic E-state index is 0.176. The smallest absolute Gasteiger partial charge is 0.162 e. The van der Waals surface area contributed by atoms with Crippen LogP contribution in [0.5, 0.6) is 0 Å². The van der Waals surface area contributed by atoms with Crippen molar-refractivity contribution < 1.29 is 8.95 Å². The molecule has 30 heavy (non-hydrogen) atoms. The Morgan fingerprint density at radius 3 is 2.83 bits per heavy atom. The molecule has 0 aromatic carbocycles. The van der Waals surface area contributed by atoms with Crippen LogP contribution in [0.25, 0.3) is 22.4 Å². The lowest BCUT2D eigenvalue weighted by atomic mass is 10.1. The Morgan fingerprint density at radius 2 is 2.13 bits per heavy atom. The summed E-state index contributed by atoms with van der Waals surface area (Å²) < 4.78 is 26.3. The standard InChI is InChI=1S/C21H26N6O2S/c1-13-12-29-11-10-27(13)20-14(2)17(21(6-7-21)30(3,22)28)25-19(26-20)16-5-9-24-18-15(16)4-8-23-18/h4-5,8-9,13,22H,6-7,10-12H2,1-3H3,(H,23,24)/t13-,30?/m1/s1. The van der Waals surface area contributed by atoms with Crippen LogP contribution >= 0.6 is 0 Å². The number of pyridine rings is 1. The Bertz CT molecular complexity index is 1230. The molecule has 0 amide bonds. The average Bonchev–Trinajstić information content (AvgIpc) is 3.39. The minimum Gasteiger partial charge on any atom is -0.377 e. The van der Waals surface area contributed by atoms with E-state index in [1.165, 1.54) is 6.26 Å². The molecule has 3 aromatic heterocycles. The molecular weight excluding hydrogens is 400 g/mol. The van der Waals surface area contributed by atoms with Gasteiger partial charge in [-0.1, -0.05) is 0 Å². The molecule has 9 heteroatoms. The summed E-state index contributed by atoms with van der Waals surface area (Å²) in [6, 6.07) is 4.06. The van der Waals surface area contributed by atoms with E-state index in [0.717, 1.165) is 53.1 Å². The molecule has 1 saturated heterocycles. The van der Waals surface area contributed by atoms with Crippen molar-refractivity contribution in [3.8, 4) is 11.4 Å². The number of rotatable bonds is 4. The largest absolute Gasteiger partial charge is 0.377 e. The predicted octanol–water partition coefficient (Wildman–Crippen LogP) is 3.22. The van der Waals surface area contributed by atoms with E-state index in [0.29, 0.717) is 19.0 Å². The van der Waals surface area contributed by atoms with Crippen molar-refractivity contribution in [2.45, 2.75) is 37.5 Å². The first-order valence-electron chi connectivity index (χ1n) is 10.2. The van der Waals surface area contributed by atoms with Gasteiger partial charge in [-0.05, 0) is 38.8 Å². The first kappa shape index (κ1) is 19.4. The second-order valence-corrected chi connectivity index (χ2v) is 10.9. The summed E-state index contributed by atoms with van der Waals surface area (Å²) >= 11 is 0. The summed E-state index contributed by atoms with van der Waals surface area (Å²) in [5.41, 5.74) is 3.34. The van der Waals surface area contributed by atoms with Gasteiger partial charge in [-0.15, -0.1) is 0 Å². The summed E-state index contributed by atoms with van der Waals surface area (Å²) in [4.78, 5) is 19.7. The monoisotopic (exact) mass is 426 g/mol. The predicted molar refractivity (Wildman–Crippen MR) is 117 cm³/mol. The van der Waals surface area contributed by atoms with Crippen molar-refractivity contribution in [3.05, 3.63) is 35.8 Å². The highest BCUT2D eigenvalue weighted by molar-refractivity contribution is 7.93. The van der Waals surface area contributed by atoms with Gasteiger partial charge in [0.15, 0.2) is 5.82 Å². The molecule has 8 nitrogen and oxygen atoms in total. The molecule has 2 fully saturated rings. The van der Waals surface area contributed by atoms with Gasteiger partial charge in [-0.3, -0.25) is 4.78 Å². The number of morpholine rings is 1. The highest BCUT2D eigenvalue weighted by Crippen LogP contribution is 2.54. The van der Waals surface area contributed by atoms with E-state index in [-0.39, 0.29) is 6.04 Å². The molecule has 2 N–H and O–H groups in total. The third kappa shape index (κ3) is 2.91. The average molecular weight is 427 g/mol. The van der Waals surface area contributed by atoms with Crippen molar-refractivity contribution >= 4 is 26.6 Å². The Morgan fingerprint density at radius 1 is 1.33 bits per heavy atom. The number of nitrogens with one attached hydrogen (secondary N) is 2. The Labute approximate surface area is 176 Å². The molecule has 1 unspecified atom stereocenters. The molecule has 5 rings (SSSR count). The van der Waals surface area contributed by atoms with Crippen LogP contribution in [0.3, 0.4) is 0 Å². The van der Waals surface area contributed by atoms with Gasteiger partial charge in [0.25, 0.3) is 0 Å². The Hall–Kier alpha value is -2.52. The SMILES string of the molecule is Cc1c(N2CCOC[C@H]2C)nc(-c2ccnc3[nH]ccc23)nc1C1(S(C)(=N)=O)CC1. The number of ether oxygens (including phenoxy) is 1. The second-order valence-electron chi connectivity index (χ2n) is 8.40. The Kier molecular flexibility index (Phi) is 4.37. The van der Waals surface area contributed by atoms with Gasteiger partial charge in [-0.2, -0.15) is 0 Å². The molecule has 0 spiro atoms. The number of aromatic nitrogens is 4. The van der Waals surface area contributed by atoms with E-state index in [4.69, 9.17) is 19.5 Å². The van der Waals surface area contributed by atoms with Crippen molar-refractivity contribution in [3.63, 3.8) is 0 Å². The number of fused-ring (bicyclic) bond motifs is 1. The van der Waals surface area contributed by atoms with Crippen LogP contribution in [-0.2, 0) is 19.2 Å². The summed E-state index contributed by atoms with van der Waals surface area (Å²) in [5, 5.41) is 0.946. The molecule has 2 atom stereocenters. The summed E-state index contributed by atoms with van der Waals surface area (Å²) in [7, 11) is -2.81. The fourth-order valence-electron chi connectivity index (χ4n) is 4.47. The van der Waals surface area contributed by atoms with Crippen LogP contribution in [0.15, 0.2) is 24.5 Å². The van der Waals surface area contributed by atoms with Crippen LogP contribution in [0.2, 0.25) is 0 Å². The highest BCUT2D eigenvalue weighted by atomic mass is 32.2. The maximum Gasteiger partial charge on any atom is 0.162 e. The number of anilines is 1. The van der Waals surface area contributed by atoms with Crippen LogP contribution < -0.4 is 4.90 Å². The van der Waals surface area contributed by atoms with Gasteiger partial charge < -0.3 is 14.6 Å².